The Labute approximate surface area is 204 Å². The Morgan fingerprint density at radius 3 is 1.88 bits per heavy atom. The monoisotopic (exact) mass is 572 g/mol. The molecule has 174 valence electrons. The minimum absolute atomic E-state index is 0.165. The van der Waals surface area contributed by atoms with Gasteiger partial charge in [0, 0.05) is 33.0 Å². The number of esters is 2. The number of nitrogens with two attached hydrogens (primary N) is 1. The second kappa shape index (κ2) is 14.4. The zero-order valence-electron chi connectivity index (χ0n) is 18.2. The summed E-state index contributed by atoms with van der Waals surface area (Å²) < 4.78 is 21.4. The fourth-order valence-corrected chi connectivity index (χ4v) is 2.77. The predicted molar refractivity (Wildman–Crippen MR) is 131 cm³/mol. The third-order valence-electron chi connectivity index (χ3n) is 3.74. The summed E-state index contributed by atoms with van der Waals surface area (Å²) in [5, 5.41) is 2.88. The first-order valence-corrected chi connectivity index (χ1v) is 11.1. The van der Waals surface area contributed by atoms with Gasteiger partial charge in [-0.2, -0.15) is 0 Å². The highest BCUT2D eigenvalue weighted by atomic mass is 79.9. The number of anilines is 2. The first-order valence-electron chi connectivity index (χ1n) is 9.50. The molecule has 8 nitrogen and oxygen atoms in total. The topological polar surface area (TPSA) is 109 Å². The van der Waals surface area contributed by atoms with E-state index < -0.39 is 11.9 Å². The van der Waals surface area contributed by atoms with Crippen LogP contribution in [-0.4, -0.2) is 39.4 Å². The number of methoxy groups -OCH3 is 2. The van der Waals surface area contributed by atoms with Gasteiger partial charge in [-0.3, -0.25) is 0 Å². The smallest absolute Gasteiger partial charge is 0.347 e. The van der Waals surface area contributed by atoms with E-state index in [9.17, 15) is 9.59 Å². The van der Waals surface area contributed by atoms with Crippen LogP contribution in [0.5, 0.6) is 11.5 Å². The number of hydrogen-bond donors (Lipinski definition) is 2. The lowest BCUT2D eigenvalue weighted by molar-refractivity contribution is -0.146. The third kappa shape index (κ3) is 8.80. The molecule has 0 aromatic heterocycles. The van der Waals surface area contributed by atoms with Crippen LogP contribution in [0.25, 0.3) is 0 Å². The molecule has 0 heterocycles. The Morgan fingerprint density at radius 2 is 1.41 bits per heavy atom. The second-order valence-electron chi connectivity index (χ2n) is 5.88. The van der Waals surface area contributed by atoms with Gasteiger partial charge in [0.25, 0.3) is 0 Å². The molecule has 3 N–H and O–H groups in total. The molecule has 32 heavy (non-hydrogen) atoms. The zero-order valence-corrected chi connectivity index (χ0v) is 21.4. The van der Waals surface area contributed by atoms with Crippen LogP contribution >= 0.6 is 31.9 Å². The molecular formula is C22H26Br2N2O6. The average Bonchev–Trinajstić information content (AvgIpc) is 2.77. The summed E-state index contributed by atoms with van der Waals surface area (Å²) in [5.74, 6) is -0.0754. The number of carbonyl (C=O) groups is 2. The van der Waals surface area contributed by atoms with E-state index in [0.29, 0.717) is 17.1 Å². The Hall–Kier alpha value is -2.72. The van der Waals surface area contributed by atoms with Crippen molar-refractivity contribution in [2.24, 2.45) is 0 Å². The lowest BCUT2D eigenvalue weighted by atomic mass is 10.2. The van der Waals surface area contributed by atoms with E-state index in [1.54, 1.807) is 52.3 Å². The van der Waals surface area contributed by atoms with Gasteiger partial charge in [-0.1, -0.05) is 0 Å². The molecule has 0 radical (unpaired) electrons. The highest BCUT2D eigenvalue weighted by Gasteiger charge is 2.21. The van der Waals surface area contributed by atoms with Crippen LogP contribution in [0.1, 0.15) is 13.8 Å². The van der Waals surface area contributed by atoms with Gasteiger partial charge in [-0.15, -0.1) is 0 Å². The normalized spacial score (nSPS) is 9.56. The van der Waals surface area contributed by atoms with Crippen LogP contribution in [0.3, 0.4) is 0 Å². The summed E-state index contributed by atoms with van der Waals surface area (Å²) in [6.45, 7) is 3.65. The maximum atomic E-state index is 11.8. The molecule has 0 saturated heterocycles. The van der Waals surface area contributed by atoms with Crippen molar-refractivity contribution < 1.29 is 28.5 Å². The molecule has 0 aliphatic heterocycles. The first-order chi connectivity index (χ1) is 15.3. The molecule has 2 rings (SSSR count). The molecule has 0 unspecified atom stereocenters. The molecule has 0 amide bonds. The average molecular weight is 574 g/mol. The van der Waals surface area contributed by atoms with Gasteiger partial charge in [0.15, 0.2) is 5.57 Å². The second-order valence-corrected chi connectivity index (χ2v) is 7.59. The Balaban J connectivity index is 0.000000425. The highest BCUT2D eigenvalue weighted by molar-refractivity contribution is 9.11. The van der Waals surface area contributed by atoms with Crippen LogP contribution in [-0.2, 0) is 19.1 Å². The molecule has 0 spiro atoms. The number of carbonyl (C=O) groups excluding carboxylic acids is 2. The molecule has 2 aromatic rings. The SMILES string of the molecule is CCOC(=O)C(=CNc1cc(OC)ccc1Br)C(=O)OCC.COc1ccc(Br)c(N)c1. The summed E-state index contributed by atoms with van der Waals surface area (Å²) in [7, 11) is 3.16. The van der Waals surface area contributed by atoms with Crippen molar-refractivity contribution in [1.82, 2.24) is 0 Å². The maximum Gasteiger partial charge on any atom is 0.347 e. The van der Waals surface area contributed by atoms with Gasteiger partial charge in [-0.25, -0.2) is 9.59 Å². The standard InChI is InChI=1S/C15H18BrNO5.C7H8BrNO/c1-4-21-14(18)11(15(19)22-5-2)9-17-13-8-10(20-3)6-7-12(13)16;1-10-5-2-3-6(8)7(9)4-5/h6-9,17H,4-5H2,1-3H3;2-4H,9H2,1H3. The lowest BCUT2D eigenvalue weighted by Gasteiger charge is -2.09. The van der Waals surface area contributed by atoms with Crippen molar-refractivity contribution in [2.45, 2.75) is 13.8 Å². The van der Waals surface area contributed by atoms with Gasteiger partial charge in [0.05, 0.1) is 33.1 Å². The molecular weight excluding hydrogens is 548 g/mol. The molecule has 0 aliphatic carbocycles. The van der Waals surface area contributed by atoms with Crippen molar-refractivity contribution in [3.8, 4) is 11.5 Å². The van der Waals surface area contributed by atoms with E-state index in [1.165, 1.54) is 6.20 Å². The van der Waals surface area contributed by atoms with Gasteiger partial charge in [0.2, 0.25) is 0 Å². The van der Waals surface area contributed by atoms with E-state index in [0.717, 1.165) is 14.7 Å². The van der Waals surface area contributed by atoms with Crippen LogP contribution < -0.4 is 20.5 Å². The lowest BCUT2D eigenvalue weighted by Crippen LogP contribution is -2.19. The summed E-state index contributed by atoms with van der Waals surface area (Å²) in [6.07, 6.45) is 1.26. The van der Waals surface area contributed by atoms with E-state index >= 15 is 0 Å². The molecule has 0 atom stereocenters. The fourth-order valence-electron chi connectivity index (χ4n) is 2.16. The van der Waals surface area contributed by atoms with Gasteiger partial charge in [0.1, 0.15) is 11.5 Å². The Morgan fingerprint density at radius 1 is 0.906 bits per heavy atom. The zero-order chi connectivity index (χ0) is 24.1. The Kier molecular flexibility index (Phi) is 12.3. The summed E-state index contributed by atoms with van der Waals surface area (Å²) >= 11 is 6.64. The number of ether oxygens (including phenoxy) is 4. The minimum atomic E-state index is -0.743. The Bertz CT molecular complexity index is 930. The number of benzene rings is 2. The van der Waals surface area contributed by atoms with E-state index in [2.05, 4.69) is 37.2 Å². The van der Waals surface area contributed by atoms with Gasteiger partial charge >= 0.3 is 11.9 Å². The van der Waals surface area contributed by atoms with Crippen molar-refractivity contribution in [1.29, 1.82) is 0 Å². The van der Waals surface area contributed by atoms with E-state index in [-0.39, 0.29) is 18.8 Å². The molecule has 2 aromatic carbocycles. The summed E-state index contributed by atoms with van der Waals surface area (Å²) in [6, 6.07) is 10.7. The highest BCUT2D eigenvalue weighted by Crippen LogP contribution is 2.27. The number of nitrogen functional groups attached to an aromatic ring is 1. The van der Waals surface area contributed by atoms with Crippen molar-refractivity contribution in [3.63, 3.8) is 0 Å². The maximum absolute atomic E-state index is 11.8. The number of hydrogen-bond acceptors (Lipinski definition) is 8. The van der Waals surface area contributed by atoms with Crippen molar-refractivity contribution >= 4 is 55.2 Å². The largest absolute Gasteiger partial charge is 0.497 e. The van der Waals surface area contributed by atoms with Crippen molar-refractivity contribution in [3.05, 3.63) is 57.1 Å². The fraction of sp³-hybridized carbons (Fsp3) is 0.273. The van der Waals surface area contributed by atoms with Crippen LogP contribution in [0.15, 0.2) is 57.1 Å². The van der Waals surface area contributed by atoms with E-state index in [1.807, 2.05) is 12.1 Å². The third-order valence-corrected chi connectivity index (χ3v) is 5.15. The van der Waals surface area contributed by atoms with Crippen LogP contribution in [0.2, 0.25) is 0 Å². The molecule has 0 bridgehead atoms. The van der Waals surface area contributed by atoms with Crippen LogP contribution in [0, 0.1) is 0 Å². The molecule has 0 fully saturated rings. The van der Waals surface area contributed by atoms with Gasteiger partial charge in [-0.05, 0) is 70.0 Å². The summed E-state index contributed by atoms with van der Waals surface area (Å²) in [5.41, 5.74) is 6.68. The van der Waals surface area contributed by atoms with Crippen molar-refractivity contribution in [2.75, 3.05) is 38.5 Å². The number of halogens is 2. The van der Waals surface area contributed by atoms with E-state index in [4.69, 9.17) is 24.7 Å². The predicted octanol–water partition coefficient (Wildman–Crippen LogP) is 4.92. The molecule has 0 aliphatic rings. The molecule has 10 heteroatoms. The first kappa shape index (κ1) is 27.3. The number of rotatable bonds is 8. The summed E-state index contributed by atoms with van der Waals surface area (Å²) in [4.78, 5) is 23.6. The molecule has 0 saturated carbocycles. The number of nitrogens with one attached hydrogen (secondary N) is 1. The van der Waals surface area contributed by atoms with Crippen LogP contribution in [0.4, 0.5) is 11.4 Å². The quantitative estimate of drug-likeness (QED) is 0.151. The van der Waals surface area contributed by atoms with Gasteiger partial charge < -0.3 is 30.0 Å². The minimum Gasteiger partial charge on any atom is -0.497 e.